The molecule has 96 valence electrons. The molecule has 5 heteroatoms. The average molecular weight is 240 g/mol. The number of nitrogens with zero attached hydrogens (tertiary/aromatic N) is 1. The topological polar surface area (TPSA) is 83.6 Å². The molecule has 0 saturated heterocycles. The van der Waals surface area contributed by atoms with Crippen LogP contribution in [0.3, 0.4) is 0 Å². The molecule has 0 bridgehead atoms. The van der Waals surface area contributed by atoms with Crippen LogP contribution in [0.4, 0.5) is 0 Å². The maximum absolute atomic E-state index is 11.0. The highest BCUT2D eigenvalue weighted by atomic mass is 16.4. The first-order valence-corrected chi connectivity index (χ1v) is 5.93. The van der Waals surface area contributed by atoms with Gasteiger partial charge in [0.2, 0.25) is 5.91 Å². The van der Waals surface area contributed by atoms with Gasteiger partial charge in [0, 0.05) is 18.2 Å². The van der Waals surface area contributed by atoms with Crippen molar-refractivity contribution in [3.63, 3.8) is 0 Å². The molecule has 1 saturated carbocycles. The fourth-order valence-corrected chi connectivity index (χ4v) is 2.15. The van der Waals surface area contributed by atoms with Gasteiger partial charge in [-0.15, -0.1) is 0 Å². The van der Waals surface area contributed by atoms with Gasteiger partial charge in [-0.25, -0.2) is 4.79 Å². The summed E-state index contributed by atoms with van der Waals surface area (Å²) < 4.78 is 0. The third-order valence-corrected chi connectivity index (χ3v) is 3.17. The van der Waals surface area contributed by atoms with Crippen molar-refractivity contribution in [3.8, 4) is 0 Å². The van der Waals surface area contributed by atoms with E-state index in [-0.39, 0.29) is 12.5 Å². The minimum Gasteiger partial charge on any atom is -0.478 e. The number of carboxylic acids is 1. The number of amides is 1. The molecular formula is C12H20N2O3. The molecular weight excluding hydrogens is 220 g/mol. The number of rotatable bonds is 6. The third-order valence-electron chi connectivity index (χ3n) is 3.17. The minimum atomic E-state index is -0.921. The number of aliphatic carboxylic acids is 1. The maximum Gasteiger partial charge on any atom is 0.330 e. The summed E-state index contributed by atoms with van der Waals surface area (Å²) in [6, 6.07) is 0.361. The molecule has 1 amide bonds. The quantitative estimate of drug-likeness (QED) is 0.671. The van der Waals surface area contributed by atoms with Gasteiger partial charge in [0.1, 0.15) is 0 Å². The highest BCUT2D eigenvalue weighted by molar-refractivity contribution is 5.85. The number of hydrogen-bond donors (Lipinski definition) is 2. The van der Waals surface area contributed by atoms with E-state index in [1.165, 1.54) is 12.8 Å². The Morgan fingerprint density at radius 2 is 2.00 bits per heavy atom. The number of carbonyl (C=O) groups is 2. The molecule has 0 atom stereocenters. The van der Waals surface area contributed by atoms with E-state index in [4.69, 9.17) is 10.8 Å². The highest BCUT2D eigenvalue weighted by Crippen LogP contribution is 2.23. The molecule has 1 fully saturated rings. The SMILES string of the molecule is CC(=CCN(CC(N)=O)C1CCCC1)C(=O)O. The van der Waals surface area contributed by atoms with Crippen LogP contribution in [-0.2, 0) is 9.59 Å². The summed E-state index contributed by atoms with van der Waals surface area (Å²) >= 11 is 0. The highest BCUT2D eigenvalue weighted by Gasteiger charge is 2.22. The fraction of sp³-hybridized carbons (Fsp3) is 0.667. The summed E-state index contributed by atoms with van der Waals surface area (Å²) in [5, 5.41) is 8.76. The van der Waals surface area contributed by atoms with Crippen molar-refractivity contribution in [1.82, 2.24) is 4.90 Å². The molecule has 1 aliphatic carbocycles. The van der Waals surface area contributed by atoms with E-state index in [2.05, 4.69) is 0 Å². The molecule has 17 heavy (non-hydrogen) atoms. The van der Waals surface area contributed by atoms with Crippen molar-refractivity contribution in [2.75, 3.05) is 13.1 Å². The normalized spacial score (nSPS) is 17.6. The van der Waals surface area contributed by atoms with Crippen molar-refractivity contribution < 1.29 is 14.7 Å². The van der Waals surface area contributed by atoms with Crippen LogP contribution in [0.5, 0.6) is 0 Å². The number of hydrogen-bond acceptors (Lipinski definition) is 3. The maximum atomic E-state index is 11.0. The van der Waals surface area contributed by atoms with Crippen molar-refractivity contribution in [2.24, 2.45) is 5.73 Å². The van der Waals surface area contributed by atoms with Crippen molar-refractivity contribution >= 4 is 11.9 Å². The van der Waals surface area contributed by atoms with Gasteiger partial charge in [0.05, 0.1) is 6.54 Å². The Morgan fingerprint density at radius 3 is 2.47 bits per heavy atom. The summed E-state index contributed by atoms with van der Waals surface area (Å²) in [6.07, 6.45) is 6.10. The Labute approximate surface area is 101 Å². The van der Waals surface area contributed by atoms with Crippen molar-refractivity contribution in [1.29, 1.82) is 0 Å². The van der Waals surface area contributed by atoms with Gasteiger partial charge in [-0.1, -0.05) is 18.9 Å². The Bertz CT molecular complexity index is 320. The molecule has 1 rings (SSSR count). The monoisotopic (exact) mass is 240 g/mol. The largest absolute Gasteiger partial charge is 0.478 e. The number of carbonyl (C=O) groups excluding carboxylic acids is 1. The van der Waals surface area contributed by atoms with Crippen LogP contribution in [0.15, 0.2) is 11.6 Å². The predicted octanol–water partition coefficient (Wildman–Crippen LogP) is 0.747. The summed E-state index contributed by atoms with van der Waals surface area (Å²) in [5.74, 6) is -1.28. The van der Waals surface area contributed by atoms with Gasteiger partial charge >= 0.3 is 5.97 Å². The molecule has 0 spiro atoms. The standard InChI is InChI=1S/C12H20N2O3/c1-9(12(16)17)6-7-14(8-11(13)15)10-4-2-3-5-10/h6,10H,2-5,7-8H2,1H3,(H2,13,15)(H,16,17). The molecule has 0 aromatic rings. The first-order valence-electron chi connectivity index (χ1n) is 5.93. The molecule has 0 aromatic carbocycles. The van der Waals surface area contributed by atoms with Crippen LogP contribution in [0, 0.1) is 0 Å². The van der Waals surface area contributed by atoms with Gasteiger partial charge in [0.25, 0.3) is 0 Å². The van der Waals surface area contributed by atoms with E-state index in [1.807, 2.05) is 4.90 Å². The average Bonchev–Trinajstić information content (AvgIpc) is 2.76. The molecule has 3 N–H and O–H groups in total. The van der Waals surface area contributed by atoms with Gasteiger partial charge in [-0.3, -0.25) is 9.69 Å². The number of primary amides is 1. The molecule has 0 unspecified atom stereocenters. The number of nitrogens with two attached hydrogens (primary N) is 1. The second kappa shape index (κ2) is 6.39. The molecule has 0 aliphatic heterocycles. The van der Waals surface area contributed by atoms with E-state index in [9.17, 15) is 9.59 Å². The van der Waals surface area contributed by atoms with Crippen LogP contribution >= 0.6 is 0 Å². The lowest BCUT2D eigenvalue weighted by atomic mass is 10.2. The first kappa shape index (κ1) is 13.7. The molecule has 1 aliphatic rings. The van der Waals surface area contributed by atoms with Crippen LogP contribution in [0.2, 0.25) is 0 Å². The first-order chi connectivity index (χ1) is 8.00. The minimum absolute atomic E-state index is 0.202. The van der Waals surface area contributed by atoms with Crippen LogP contribution in [0.25, 0.3) is 0 Å². The predicted molar refractivity (Wildman–Crippen MR) is 64.4 cm³/mol. The molecule has 0 aromatic heterocycles. The smallest absolute Gasteiger partial charge is 0.330 e. The number of carboxylic acid groups (broad SMARTS) is 1. The summed E-state index contributed by atoms with van der Waals surface area (Å²) in [6.45, 7) is 2.24. The Hall–Kier alpha value is -1.36. The van der Waals surface area contributed by atoms with Crippen LogP contribution in [-0.4, -0.2) is 41.0 Å². The van der Waals surface area contributed by atoms with E-state index in [0.717, 1.165) is 12.8 Å². The lowest BCUT2D eigenvalue weighted by Crippen LogP contribution is -2.40. The summed E-state index contributed by atoms with van der Waals surface area (Å²) in [5.41, 5.74) is 5.51. The third kappa shape index (κ3) is 4.56. The van der Waals surface area contributed by atoms with E-state index >= 15 is 0 Å². The van der Waals surface area contributed by atoms with Gasteiger partial charge < -0.3 is 10.8 Å². The second-order valence-corrected chi connectivity index (χ2v) is 4.53. The van der Waals surface area contributed by atoms with Gasteiger partial charge in [-0.2, -0.15) is 0 Å². The van der Waals surface area contributed by atoms with Gasteiger partial charge in [0.15, 0.2) is 0 Å². The Morgan fingerprint density at radius 1 is 1.41 bits per heavy atom. The van der Waals surface area contributed by atoms with Crippen LogP contribution < -0.4 is 5.73 Å². The van der Waals surface area contributed by atoms with E-state index < -0.39 is 5.97 Å². The van der Waals surface area contributed by atoms with Gasteiger partial charge in [-0.05, 0) is 19.8 Å². The molecule has 5 nitrogen and oxygen atoms in total. The Kier molecular flexibility index (Phi) is 5.15. The van der Waals surface area contributed by atoms with Crippen molar-refractivity contribution in [2.45, 2.75) is 38.6 Å². The fourth-order valence-electron chi connectivity index (χ4n) is 2.15. The van der Waals surface area contributed by atoms with E-state index in [1.54, 1.807) is 13.0 Å². The molecule has 0 radical (unpaired) electrons. The summed E-state index contributed by atoms with van der Waals surface area (Å²) in [7, 11) is 0. The zero-order valence-electron chi connectivity index (χ0n) is 10.2. The molecule has 0 heterocycles. The summed E-state index contributed by atoms with van der Waals surface area (Å²) in [4.78, 5) is 23.6. The lowest BCUT2D eigenvalue weighted by Gasteiger charge is -2.26. The van der Waals surface area contributed by atoms with Crippen molar-refractivity contribution in [3.05, 3.63) is 11.6 Å². The Balaban J connectivity index is 2.59. The zero-order valence-corrected chi connectivity index (χ0v) is 10.2. The lowest BCUT2D eigenvalue weighted by molar-refractivity contribution is -0.132. The zero-order chi connectivity index (χ0) is 12.8. The van der Waals surface area contributed by atoms with Crippen LogP contribution in [0.1, 0.15) is 32.6 Å². The van der Waals surface area contributed by atoms with E-state index in [0.29, 0.717) is 18.2 Å². The second-order valence-electron chi connectivity index (χ2n) is 4.53.